The largest absolute Gasteiger partial charge is 0.361 e. The van der Waals surface area contributed by atoms with Crippen molar-refractivity contribution in [2.75, 3.05) is 6.26 Å². The number of nitrogens with zero attached hydrogens (tertiary/aromatic N) is 1. The average molecular weight is 582 g/mol. The second kappa shape index (κ2) is 11.2. The lowest BCUT2D eigenvalue weighted by atomic mass is 9.95. The molecule has 0 fully saturated rings. The number of aromatic nitrogens is 2. The molecule has 0 unspecified atom stereocenters. The fourth-order valence-corrected chi connectivity index (χ4v) is 5.55. The molecule has 1 atom stereocenters. The summed E-state index contributed by atoms with van der Waals surface area (Å²) < 4.78 is 80.6. The molecule has 2 heterocycles. The lowest BCUT2D eigenvalue weighted by Crippen LogP contribution is -2.32. The third-order valence-electron chi connectivity index (χ3n) is 6.59. The summed E-state index contributed by atoms with van der Waals surface area (Å²) in [4.78, 5) is 20.2. The second-order valence-corrected chi connectivity index (χ2v) is 11.6. The minimum Gasteiger partial charge on any atom is -0.361 e. The van der Waals surface area contributed by atoms with E-state index in [4.69, 9.17) is 0 Å². The number of carbonyl (C=O) groups is 1. The Morgan fingerprint density at radius 3 is 2.44 bits per heavy atom. The Kier molecular flexibility index (Phi) is 7.63. The van der Waals surface area contributed by atoms with E-state index in [9.17, 15) is 30.8 Å². The minimum absolute atomic E-state index is 0.0763. The van der Waals surface area contributed by atoms with Crippen LogP contribution in [0.5, 0.6) is 0 Å². The van der Waals surface area contributed by atoms with E-state index >= 15 is 0 Å². The van der Waals surface area contributed by atoms with Gasteiger partial charge in [0.25, 0.3) is 0 Å². The molecule has 11 heteroatoms. The predicted octanol–water partition coefficient (Wildman–Crippen LogP) is 5.83. The highest BCUT2D eigenvalue weighted by Crippen LogP contribution is 2.31. The number of carbonyl (C=O) groups excluding carboxylic acids is 1. The molecule has 5 aromatic rings. The topological polar surface area (TPSA) is 91.9 Å². The van der Waals surface area contributed by atoms with Gasteiger partial charge in [0.2, 0.25) is 5.91 Å². The first kappa shape index (κ1) is 28.0. The first-order valence-corrected chi connectivity index (χ1v) is 14.3. The summed E-state index contributed by atoms with van der Waals surface area (Å²) in [6.45, 7) is 0. The van der Waals surface area contributed by atoms with Gasteiger partial charge in [0, 0.05) is 41.2 Å². The number of H-pyrrole nitrogens is 1. The number of aromatic amines is 1. The molecular weight excluding hydrogens is 558 g/mol. The fourth-order valence-electron chi connectivity index (χ4n) is 4.79. The second-order valence-electron chi connectivity index (χ2n) is 9.64. The van der Waals surface area contributed by atoms with Crippen molar-refractivity contribution in [3.8, 4) is 11.1 Å². The Labute approximate surface area is 233 Å². The number of hydrogen-bond acceptors (Lipinski definition) is 4. The Balaban J connectivity index is 1.55. The van der Waals surface area contributed by atoms with Gasteiger partial charge in [0.05, 0.1) is 18.2 Å². The van der Waals surface area contributed by atoms with Gasteiger partial charge in [-0.25, -0.2) is 26.0 Å². The fraction of sp³-hybridized carbons (Fsp3) is 0.133. The zero-order valence-corrected chi connectivity index (χ0v) is 22.4. The maximum atomic E-state index is 14.3. The Morgan fingerprint density at radius 1 is 0.951 bits per heavy atom. The van der Waals surface area contributed by atoms with E-state index in [1.807, 2.05) is 0 Å². The average Bonchev–Trinajstić information content (AvgIpc) is 3.29. The highest BCUT2D eigenvalue weighted by atomic mass is 32.2. The zero-order chi connectivity index (χ0) is 29.3. The molecule has 0 aliphatic rings. The molecule has 0 aliphatic carbocycles. The van der Waals surface area contributed by atoms with Crippen LogP contribution < -0.4 is 5.32 Å². The number of pyridine rings is 1. The van der Waals surface area contributed by atoms with Crippen molar-refractivity contribution < 1.29 is 30.8 Å². The van der Waals surface area contributed by atoms with Crippen molar-refractivity contribution in [3.05, 3.63) is 119 Å². The lowest BCUT2D eigenvalue weighted by Gasteiger charge is -2.22. The normalized spacial score (nSPS) is 12.4. The molecule has 210 valence electrons. The summed E-state index contributed by atoms with van der Waals surface area (Å²) in [5.74, 6) is -3.47. The molecule has 2 N–H and O–H groups in total. The van der Waals surface area contributed by atoms with Gasteiger partial charge in [-0.1, -0.05) is 12.1 Å². The van der Waals surface area contributed by atoms with Crippen molar-refractivity contribution in [1.29, 1.82) is 0 Å². The molecule has 0 spiro atoms. The molecule has 6 nitrogen and oxygen atoms in total. The molecule has 0 aliphatic heterocycles. The number of benzene rings is 3. The maximum Gasteiger partial charge on any atom is 0.225 e. The minimum atomic E-state index is -3.90. The summed E-state index contributed by atoms with van der Waals surface area (Å²) in [5, 5.41) is 3.39. The van der Waals surface area contributed by atoms with E-state index < -0.39 is 50.0 Å². The van der Waals surface area contributed by atoms with Crippen LogP contribution in [0.1, 0.15) is 22.9 Å². The van der Waals surface area contributed by atoms with Crippen LogP contribution in [-0.4, -0.2) is 30.5 Å². The highest BCUT2D eigenvalue weighted by Gasteiger charge is 2.24. The van der Waals surface area contributed by atoms with E-state index in [1.54, 1.807) is 24.4 Å². The standard InChI is InChI=1S/C30H23F4N3O3S/c1-41(39,40)28-12-18(4-6-25(28)34)23-3-2-8-35-30(23)27(11-17-9-21(32)14-22(33)10-17)37-29(38)13-19-16-36-26-7-5-20(31)15-24(19)26/h2-10,12,14-16,27,36H,11,13H2,1H3,(H,37,38)/t27-/m0/s1. The van der Waals surface area contributed by atoms with Gasteiger partial charge >= 0.3 is 0 Å². The predicted molar refractivity (Wildman–Crippen MR) is 146 cm³/mol. The van der Waals surface area contributed by atoms with Gasteiger partial charge in [-0.3, -0.25) is 9.78 Å². The molecule has 2 aromatic heterocycles. The molecule has 41 heavy (non-hydrogen) atoms. The number of amides is 1. The summed E-state index contributed by atoms with van der Waals surface area (Å²) in [6, 6.07) is 13.0. The van der Waals surface area contributed by atoms with E-state index in [2.05, 4.69) is 15.3 Å². The number of sulfone groups is 1. The van der Waals surface area contributed by atoms with E-state index in [0.29, 0.717) is 27.6 Å². The molecule has 1 amide bonds. The smallest absolute Gasteiger partial charge is 0.225 e. The van der Waals surface area contributed by atoms with Crippen LogP contribution in [0.3, 0.4) is 0 Å². The van der Waals surface area contributed by atoms with Gasteiger partial charge < -0.3 is 10.3 Å². The highest BCUT2D eigenvalue weighted by molar-refractivity contribution is 7.90. The van der Waals surface area contributed by atoms with Gasteiger partial charge in [-0.15, -0.1) is 0 Å². The summed E-state index contributed by atoms with van der Waals surface area (Å²) in [7, 11) is -3.90. The Hall–Kier alpha value is -4.51. The van der Waals surface area contributed by atoms with Crippen molar-refractivity contribution in [2.24, 2.45) is 0 Å². The van der Waals surface area contributed by atoms with E-state index in [1.165, 1.54) is 30.5 Å². The molecule has 0 radical (unpaired) electrons. The van der Waals surface area contributed by atoms with Crippen molar-refractivity contribution in [1.82, 2.24) is 15.3 Å². The number of halogens is 4. The molecule has 0 bridgehead atoms. The quantitative estimate of drug-likeness (QED) is 0.226. The number of hydrogen-bond donors (Lipinski definition) is 2. The molecular formula is C30H23F4N3O3S. The van der Waals surface area contributed by atoms with Crippen LogP contribution in [0.4, 0.5) is 17.6 Å². The van der Waals surface area contributed by atoms with Crippen molar-refractivity contribution >= 4 is 26.6 Å². The molecule has 5 rings (SSSR count). The maximum absolute atomic E-state index is 14.3. The number of rotatable bonds is 8. The lowest BCUT2D eigenvalue weighted by molar-refractivity contribution is -0.121. The van der Waals surface area contributed by atoms with Crippen LogP contribution in [0.25, 0.3) is 22.0 Å². The van der Waals surface area contributed by atoms with Crippen LogP contribution in [0, 0.1) is 23.3 Å². The Morgan fingerprint density at radius 2 is 1.71 bits per heavy atom. The van der Waals surface area contributed by atoms with Crippen LogP contribution >= 0.6 is 0 Å². The van der Waals surface area contributed by atoms with Gasteiger partial charge in [-0.2, -0.15) is 0 Å². The number of nitrogens with one attached hydrogen (secondary N) is 2. The third-order valence-corrected chi connectivity index (χ3v) is 7.70. The number of fused-ring (bicyclic) bond motifs is 1. The molecule has 0 saturated carbocycles. The van der Waals surface area contributed by atoms with Crippen molar-refractivity contribution in [2.45, 2.75) is 23.8 Å². The first-order chi connectivity index (χ1) is 19.5. The van der Waals surface area contributed by atoms with E-state index in [-0.39, 0.29) is 24.1 Å². The van der Waals surface area contributed by atoms with Gasteiger partial charge in [0.1, 0.15) is 28.2 Å². The zero-order valence-electron chi connectivity index (χ0n) is 21.6. The van der Waals surface area contributed by atoms with Crippen LogP contribution in [0.2, 0.25) is 0 Å². The van der Waals surface area contributed by atoms with Crippen LogP contribution in [-0.2, 0) is 27.5 Å². The first-order valence-electron chi connectivity index (χ1n) is 12.4. The summed E-state index contributed by atoms with van der Waals surface area (Å²) >= 11 is 0. The molecule has 0 saturated heterocycles. The summed E-state index contributed by atoms with van der Waals surface area (Å²) in [6.07, 6.45) is 3.71. The molecule has 3 aromatic carbocycles. The SMILES string of the molecule is CS(=O)(=O)c1cc(-c2cccnc2[C@H](Cc2cc(F)cc(F)c2)NC(=O)Cc2c[nH]c3ccc(F)cc23)ccc1F. The van der Waals surface area contributed by atoms with Crippen molar-refractivity contribution in [3.63, 3.8) is 0 Å². The van der Waals surface area contributed by atoms with E-state index in [0.717, 1.165) is 30.5 Å². The van der Waals surface area contributed by atoms with Gasteiger partial charge in [0.15, 0.2) is 9.84 Å². The monoisotopic (exact) mass is 581 g/mol. The summed E-state index contributed by atoms with van der Waals surface area (Å²) in [5.41, 5.74) is 2.37. The van der Waals surface area contributed by atoms with Gasteiger partial charge in [-0.05, 0) is 71.6 Å². The third kappa shape index (κ3) is 6.30. The Bertz CT molecular complexity index is 1870. The van der Waals surface area contributed by atoms with Crippen LogP contribution in [0.15, 0.2) is 84.0 Å².